The lowest BCUT2D eigenvalue weighted by Gasteiger charge is -2.09. The minimum Gasteiger partial charge on any atom is -0.366 e. The predicted molar refractivity (Wildman–Crippen MR) is 93.8 cm³/mol. The van der Waals surface area contributed by atoms with E-state index in [1.54, 1.807) is 42.5 Å². The van der Waals surface area contributed by atoms with Crippen LogP contribution >= 0.6 is 11.6 Å². The Morgan fingerprint density at radius 2 is 2.08 bits per heavy atom. The summed E-state index contributed by atoms with van der Waals surface area (Å²) in [5, 5.41) is 13.8. The molecule has 0 saturated heterocycles. The number of nitriles is 1. The van der Waals surface area contributed by atoms with Gasteiger partial charge >= 0.3 is 0 Å². The van der Waals surface area contributed by atoms with Gasteiger partial charge in [0.05, 0.1) is 17.1 Å². The number of nitrogens with one attached hydrogen (secondary N) is 1. The number of fused-ring (bicyclic) bond motifs is 1. The van der Waals surface area contributed by atoms with Gasteiger partial charge in [0.1, 0.15) is 5.82 Å². The zero-order chi connectivity index (χ0) is 17.1. The molecule has 0 fully saturated rings. The van der Waals surface area contributed by atoms with Crippen molar-refractivity contribution in [1.82, 2.24) is 4.98 Å². The number of rotatable bonds is 4. The lowest BCUT2D eigenvalue weighted by atomic mass is 10.1. The average molecular weight is 337 g/mol. The first kappa shape index (κ1) is 15.8. The van der Waals surface area contributed by atoms with Gasteiger partial charge in [0, 0.05) is 22.5 Å². The van der Waals surface area contributed by atoms with Crippen LogP contribution in [0.3, 0.4) is 0 Å². The van der Waals surface area contributed by atoms with Crippen molar-refractivity contribution in [1.29, 1.82) is 5.26 Å². The molecular weight excluding hydrogens is 324 g/mol. The summed E-state index contributed by atoms with van der Waals surface area (Å²) >= 11 is 5.98. The Hall–Kier alpha value is -3.10. The number of aromatic nitrogens is 1. The number of nitrogens with two attached hydrogens (primary N) is 1. The first-order valence-corrected chi connectivity index (χ1v) is 7.57. The molecule has 0 aliphatic heterocycles. The number of anilines is 1. The first-order chi connectivity index (χ1) is 11.6. The van der Waals surface area contributed by atoms with Crippen molar-refractivity contribution in [2.24, 2.45) is 5.73 Å². The molecule has 3 aromatic rings. The van der Waals surface area contributed by atoms with E-state index in [9.17, 15) is 10.1 Å². The molecule has 3 rings (SSSR count). The van der Waals surface area contributed by atoms with Gasteiger partial charge in [0.25, 0.3) is 0 Å². The fourth-order valence-electron chi connectivity index (χ4n) is 2.41. The van der Waals surface area contributed by atoms with Gasteiger partial charge in [-0.1, -0.05) is 23.7 Å². The van der Waals surface area contributed by atoms with Crippen molar-refractivity contribution in [2.75, 3.05) is 5.32 Å². The number of carbonyl (C=O) groups is 1. The van der Waals surface area contributed by atoms with E-state index in [1.807, 2.05) is 6.07 Å². The summed E-state index contributed by atoms with van der Waals surface area (Å²) in [5.74, 6) is 0.107. The second-order valence-electron chi connectivity index (χ2n) is 5.25. The normalized spacial score (nSPS) is 10.3. The number of nitrogens with zero attached hydrogens (tertiary/aromatic N) is 2. The van der Waals surface area contributed by atoms with Crippen molar-refractivity contribution in [3.05, 3.63) is 70.2 Å². The number of primary amides is 1. The summed E-state index contributed by atoms with van der Waals surface area (Å²) in [7, 11) is 0. The molecule has 0 aliphatic rings. The molecule has 1 amide bonds. The van der Waals surface area contributed by atoms with E-state index < -0.39 is 5.91 Å². The van der Waals surface area contributed by atoms with Gasteiger partial charge in [-0.25, -0.2) is 4.98 Å². The Morgan fingerprint density at radius 1 is 1.25 bits per heavy atom. The SMILES string of the molecule is N#Cc1cc(NCc2cccc(C(N)=O)c2)nc2ccc(Cl)cc12. The van der Waals surface area contributed by atoms with Gasteiger partial charge in [0.2, 0.25) is 5.91 Å². The zero-order valence-corrected chi connectivity index (χ0v) is 13.3. The van der Waals surface area contributed by atoms with E-state index in [0.29, 0.717) is 39.4 Å². The van der Waals surface area contributed by atoms with Gasteiger partial charge in [-0.3, -0.25) is 4.79 Å². The molecule has 1 heterocycles. The number of hydrogen-bond donors (Lipinski definition) is 2. The van der Waals surface area contributed by atoms with Crippen molar-refractivity contribution < 1.29 is 4.79 Å². The minimum atomic E-state index is -0.468. The number of amides is 1. The fraction of sp³-hybridized carbons (Fsp3) is 0.0556. The van der Waals surface area contributed by atoms with Crippen LogP contribution < -0.4 is 11.1 Å². The monoisotopic (exact) mass is 336 g/mol. The van der Waals surface area contributed by atoms with Crippen LogP contribution in [0.15, 0.2) is 48.5 Å². The highest BCUT2D eigenvalue weighted by atomic mass is 35.5. The number of pyridine rings is 1. The van der Waals surface area contributed by atoms with Crippen LogP contribution in [0.1, 0.15) is 21.5 Å². The largest absolute Gasteiger partial charge is 0.366 e. The van der Waals surface area contributed by atoms with Crippen molar-refractivity contribution in [3.63, 3.8) is 0 Å². The molecule has 0 bridgehead atoms. The maximum atomic E-state index is 11.2. The van der Waals surface area contributed by atoms with E-state index in [2.05, 4.69) is 16.4 Å². The lowest BCUT2D eigenvalue weighted by Crippen LogP contribution is -2.11. The van der Waals surface area contributed by atoms with E-state index in [-0.39, 0.29) is 0 Å². The van der Waals surface area contributed by atoms with E-state index >= 15 is 0 Å². The molecule has 0 spiro atoms. The molecule has 0 saturated carbocycles. The third-order valence-corrected chi connectivity index (χ3v) is 3.81. The summed E-state index contributed by atoms with van der Waals surface area (Å²) in [4.78, 5) is 15.7. The first-order valence-electron chi connectivity index (χ1n) is 7.20. The fourth-order valence-corrected chi connectivity index (χ4v) is 2.58. The Kier molecular flexibility index (Phi) is 4.32. The van der Waals surface area contributed by atoms with Crippen LogP contribution in [0.4, 0.5) is 5.82 Å². The second kappa shape index (κ2) is 6.57. The van der Waals surface area contributed by atoms with Gasteiger partial charge in [-0.2, -0.15) is 5.26 Å². The highest BCUT2D eigenvalue weighted by Crippen LogP contribution is 2.24. The molecule has 5 nitrogen and oxygen atoms in total. The van der Waals surface area contributed by atoms with Gasteiger partial charge in [-0.05, 0) is 42.0 Å². The molecule has 2 aromatic carbocycles. The maximum Gasteiger partial charge on any atom is 0.248 e. The number of halogens is 1. The molecule has 0 radical (unpaired) electrons. The Bertz CT molecular complexity index is 978. The Labute approximate surface area is 143 Å². The summed E-state index contributed by atoms with van der Waals surface area (Å²) in [6, 6.07) is 16.1. The zero-order valence-electron chi connectivity index (χ0n) is 12.6. The van der Waals surface area contributed by atoms with Crippen LogP contribution in [0.25, 0.3) is 10.9 Å². The van der Waals surface area contributed by atoms with E-state index in [1.165, 1.54) is 0 Å². The highest BCUT2D eigenvalue weighted by molar-refractivity contribution is 6.31. The number of benzene rings is 2. The number of hydrogen-bond acceptors (Lipinski definition) is 4. The predicted octanol–water partition coefficient (Wildman–Crippen LogP) is 3.47. The molecule has 3 N–H and O–H groups in total. The standard InChI is InChI=1S/C18H13ClN4O/c19-14-4-5-16-15(8-14)13(9-20)7-17(23-16)22-10-11-2-1-3-12(6-11)18(21)24/h1-8H,10H2,(H2,21,24)(H,22,23). The van der Waals surface area contributed by atoms with Crippen LogP contribution in [0.5, 0.6) is 0 Å². The topological polar surface area (TPSA) is 91.8 Å². The van der Waals surface area contributed by atoms with E-state index in [4.69, 9.17) is 17.3 Å². The van der Waals surface area contributed by atoms with Gasteiger partial charge < -0.3 is 11.1 Å². The van der Waals surface area contributed by atoms with E-state index in [0.717, 1.165) is 5.56 Å². The summed E-state index contributed by atoms with van der Waals surface area (Å²) in [6.45, 7) is 0.456. The van der Waals surface area contributed by atoms with Gasteiger partial charge in [0.15, 0.2) is 0 Å². The van der Waals surface area contributed by atoms with Crippen LogP contribution in [0.2, 0.25) is 5.02 Å². The Morgan fingerprint density at radius 3 is 2.83 bits per heavy atom. The van der Waals surface area contributed by atoms with Crippen LogP contribution in [-0.2, 0) is 6.54 Å². The van der Waals surface area contributed by atoms with Gasteiger partial charge in [-0.15, -0.1) is 0 Å². The van der Waals surface area contributed by atoms with Crippen LogP contribution in [-0.4, -0.2) is 10.9 Å². The number of carbonyl (C=O) groups excluding carboxylic acids is 1. The molecule has 6 heteroatoms. The molecule has 0 unspecified atom stereocenters. The second-order valence-corrected chi connectivity index (χ2v) is 5.68. The lowest BCUT2D eigenvalue weighted by molar-refractivity contribution is 0.1000. The summed E-state index contributed by atoms with van der Waals surface area (Å²) < 4.78 is 0. The maximum absolute atomic E-state index is 11.2. The molecule has 1 aromatic heterocycles. The molecule has 118 valence electrons. The molecule has 0 aliphatic carbocycles. The van der Waals surface area contributed by atoms with Crippen LogP contribution in [0, 0.1) is 11.3 Å². The minimum absolute atomic E-state index is 0.452. The van der Waals surface area contributed by atoms with Crippen molar-refractivity contribution in [3.8, 4) is 6.07 Å². The smallest absolute Gasteiger partial charge is 0.248 e. The third kappa shape index (κ3) is 3.29. The van der Waals surface area contributed by atoms with Crippen molar-refractivity contribution in [2.45, 2.75) is 6.54 Å². The third-order valence-electron chi connectivity index (χ3n) is 3.58. The molecular formula is C18H13ClN4O. The van der Waals surface area contributed by atoms with Crippen molar-refractivity contribution >= 4 is 34.2 Å². The highest BCUT2D eigenvalue weighted by Gasteiger charge is 2.07. The average Bonchev–Trinajstić information content (AvgIpc) is 2.59. The quantitative estimate of drug-likeness (QED) is 0.763. The molecule has 0 atom stereocenters. The molecule has 24 heavy (non-hydrogen) atoms. The Balaban J connectivity index is 1.88. The summed E-state index contributed by atoms with van der Waals surface area (Å²) in [5.41, 5.74) is 7.81. The summed E-state index contributed by atoms with van der Waals surface area (Å²) in [6.07, 6.45) is 0.